The van der Waals surface area contributed by atoms with Crippen LogP contribution in [0.1, 0.15) is 18.4 Å². The summed E-state index contributed by atoms with van der Waals surface area (Å²) in [5.74, 6) is -0.398. The van der Waals surface area contributed by atoms with Crippen LogP contribution in [0, 0.1) is 5.82 Å². The van der Waals surface area contributed by atoms with Crippen LogP contribution in [0.25, 0.3) is 0 Å². The molecule has 0 aliphatic heterocycles. The van der Waals surface area contributed by atoms with E-state index < -0.39 is 11.9 Å². The van der Waals surface area contributed by atoms with Crippen molar-refractivity contribution in [1.29, 1.82) is 0 Å². The molecule has 128 valence electrons. The fraction of sp³-hybridized carbons (Fsp3) is 0.316. The minimum Gasteiger partial charge on any atom is -0.494 e. The minimum atomic E-state index is -0.474. The number of amides is 1. The number of hydrogen-bond donors (Lipinski definition) is 1. The Morgan fingerprint density at radius 2 is 1.83 bits per heavy atom. The smallest absolute Gasteiger partial charge is 0.245 e. The number of carbonyl (C=O) groups is 1. The van der Waals surface area contributed by atoms with Gasteiger partial charge in [-0.1, -0.05) is 37.3 Å². The van der Waals surface area contributed by atoms with E-state index in [1.54, 1.807) is 31.1 Å². The average Bonchev–Trinajstić information content (AvgIpc) is 2.60. The van der Waals surface area contributed by atoms with Crippen molar-refractivity contribution in [3.8, 4) is 5.75 Å². The molecule has 0 fully saturated rings. The van der Waals surface area contributed by atoms with Crippen molar-refractivity contribution < 1.29 is 13.9 Å². The van der Waals surface area contributed by atoms with Gasteiger partial charge in [-0.3, -0.25) is 4.79 Å². The number of rotatable bonds is 6. The Hall–Kier alpha value is -2.56. The molecular formula is C19H23FN2O2. The molecule has 0 saturated heterocycles. The zero-order valence-electron chi connectivity index (χ0n) is 14.4. The highest BCUT2D eigenvalue weighted by Crippen LogP contribution is 2.26. The molecule has 0 radical (unpaired) electrons. The van der Waals surface area contributed by atoms with Gasteiger partial charge < -0.3 is 15.0 Å². The number of anilines is 1. The molecule has 0 aliphatic carbocycles. The number of nitrogens with zero attached hydrogens (tertiary/aromatic N) is 1. The van der Waals surface area contributed by atoms with Crippen molar-refractivity contribution in [2.75, 3.05) is 26.5 Å². The Labute approximate surface area is 142 Å². The molecule has 0 spiro atoms. The Balaban J connectivity index is 2.32. The molecule has 0 aliphatic rings. The molecule has 5 heteroatoms. The SMILES string of the molecule is COc1cc(N[C@H](C(=O)N(C)C)[C@@H](C)c2ccccc2)ccc1F. The van der Waals surface area contributed by atoms with Gasteiger partial charge in [0.2, 0.25) is 5.91 Å². The molecule has 4 nitrogen and oxygen atoms in total. The van der Waals surface area contributed by atoms with Gasteiger partial charge >= 0.3 is 0 Å². The Bertz CT molecular complexity index is 689. The van der Waals surface area contributed by atoms with Crippen LogP contribution in [0.2, 0.25) is 0 Å². The third kappa shape index (κ3) is 4.04. The maximum Gasteiger partial charge on any atom is 0.245 e. The van der Waals surface area contributed by atoms with Crippen molar-refractivity contribution in [2.24, 2.45) is 0 Å². The number of halogens is 1. The van der Waals surface area contributed by atoms with Crippen LogP contribution in [0.5, 0.6) is 5.75 Å². The van der Waals surface area contributed by atoms with Crippen LogP contribution in [-0.2, 0) is 4.79 Å². The van der Waals surface area contributed by atoms with E-state index in [1.165, 1.54) is 13.2 Å². The summed E-state index contributed by atoms with van der Waals surface area (Å²) >= 11 is 0. The lowest BCUT2D eigenvalue weighted by molar-refractivity contribution is -0.129. The largest absolute Gasteiger partial charge is 0.494 e. The first-order valence-corrected chi connectivity index (χ1v) is 7.80. The van der Waals surface area contributed by atoms with E-state index in [0.717, 1.165) is 5.56 Å². The minimum absolute atomic E-state index is 0.0466. The number of carbonyl (C=O) groups excluding carboxylic acids is 1. The zero-order valence-corrected chi connectivity index (χ0v) is 14.4. The second-order valence-corrected chi connectivity index (χ2v) is 5.90. The summed E-state index contributed by atoms with van der Waals surface area (Å²) in [4.78, 5) is 14.2. The van der Waals surface area contributed by atoms with Gasteiger partial charge in [0.25, 0.3) is 0 Å². The highest BCUT2D eigenvalue weighted by Gasteiger charge is 2.27. The van der Waals surface area contributed by atoms with Gasteiger partial charge in [-0.2, -0.15) is 0 Å². The molecule has 2 aromatic rings. The van der Waals surface area contributed by atoms with Gasteiger partial charge in [-0.05, 0) is 17.7 Å². The summed E-state index contributed by atoms with van der Waals surface area (Å²) in [6, 6.07) is 13.8. The number of nitrogens with one attached hydrogen (secondary N) is 1. The summed E-state index contributed by atoms with van der Waals surface area (Å²) in [6.07, 6.45) is 0. The van der Waals surface area contributed by atoms with Gasteiger partial charge in [0, 0.05) is 31.8 Å². The van der Waals surface area contributed by atoms with Gasteiger partial charge in [0.05, 0.1) is 7.11 Å². The lowest BCUT2D eigenvalue weighted by atomic mass is 9.92. The number of methoxy groups -OCH3 is 1. The van der Waals surface area contributed by atoms with Crippen molar-refractivity contribution in [1.82, 2.24) is 4.90 Å². The molecule has 24 heavy (non-hydrogen) atoms. The van der Waals surface area contributed by atoms with Crippen LogP contribution in [0.3, 0.4) is 0 Å². The van der Waals surface area contributed by atoms with Crippen LogP contribution in [0.15, 0.2) is 48.5 Å². The van der Waals surface area contributed by atoms with Gasteiger partial charge in [-0.25, -0.2) is 4.39 Å². The highest BCUT2D eigenvalue weighted by atomic mass is 19.1. The van der Waals surface area contributed by atoms with E-state index in [-0.39, 0.29) is 17.6 Å². The first-order valence-electron chi connectivity index (χ1n) is 7.80. The van der Waals surface area contributed by atoms with Crippen molar-refractivity contribution in [3.05, 3.63) is 59.9 Å². The normalized spacial score (nSPS) is 13.0. The molecule has 1 amide bonds. The standard InChI is InChI=1S/C19H23FN2O2/c1-13(14-8-6-5-7-9-14)18(19(23)22(2)3)21-15-10-11-16(20)17(12-15)24-4/h5-13,18,21H,1-4H3/t13-,18-/m0/s1. The average molecular weight is 330 g/mol. The quantitative estimate of drug-likeness (QED) is 0.881. The summed E-state index contributed by atoms with van der Waals surface area (Å²) in [5.41, 5.74) is 1.69. The maximum absolute atomic E-state index is 13.6. The Morgan fingerprint density at radius 3 is 2.42 bits per heavy atom. The first-order chi connectivity index (χ1) is 11.4. The molecule has 0 heterocycles. The topological polar surface area (TPSA) is 41.6 Å². The van der Waals surface area contributed by atoms with E-state index in [2.05, 4.69) is 5.32 Å². The Kier molecular flexibility index (Phi) is 5.79. The molecule has 2 atom stereocenters. The van der Waals surface area contributed by atoms with Gasteiger partial charge in [-0.15, -0.1) is 0 Å². The second-order valence-electron chi connectivity index (χ2n) is 5.90. The van der Waals surface area contributed by atoms with Gasteiger partial charge in [0.1, 0.15) is 6.04 Å². The van der Waals surface area contributed by atoms with E-state index in [9.17, 15) is 9.18 Å². The monoisotopic (exact) mass is 330 g/mol. The zero-order chi connectivity index (χ0) is 17.7. The second kappa shape index (κ2) is 7.81. The summed E-state index contributed by atoms with van der Waals surface area (Å²) in [6.45, 7) is 2.00. The summed E-state index contributed by atoms with van der Waals surface area (Å²) in [7, 11) is 4.86. The first kappa shape index (κ1) is 17.8. The number of benzene rings is 2. The Morgan fingerprint density at radius 1 is 1.17 bits per heavy atom. The van der Waals surface area contributed by atoms with E-state index >= 15 is 0 Å². The molecule has 2 aromatic carbocycles. The highest BCUT2D eigenvalue weighted by molar-refractivity contribution is 5.85. The third-order valence-corrected chi connectivity index (χ3v) is 4.01. The number of likely N-dealkylation sites (N-methyl/N-ethyl adjacent to an activating group) is 1. The third-order valence-electron chi connectivity index (χ3n) is 4.01. The van der Waals surface area contributed by atoms with Crippen molar-refractivity contribution >= 4 is 11.6 Å². The molecule has 0 saturated carbocycles. The lowest BCUT2D eigenvalue weighted by Gasteiger charge is -2.28. The lowest BCUT2D eigenvalue weighted by Crippen LogP contribution is -2.42. The number of ether oxygens (including phenoxy) is 1. The van der Waals surface area contributed by atoms with Crippen LogP contribution < -0.4 is 10.1 Å². The van der Waals surface area contributed by atoms with Crippen LogP contribution in [-0.4, -0.2) is 38.1 Å². The molecule has 0 unspecified atom stereocenters. The predicted molar refractivity (Wildman–Crippen MR) is 93.9 cm³/mol. The van der Waals surface area contributed by atoms with Crippen LogP contribution in [0.4, 0.5) is 10.1 Å². The van der Waals surface area contributed by atoms with E-state index in [4.69, 9.17) is 4.74 Å². The fourth-order valence-electron chi connectivity index (χ4n) is 2.56. The van der Waals surface area contributed by atoms with E-state index in [1.807, 2.05) is 37.3 Å². The summed E-state index contributed by atoms with van der Waals surface area (Å²) in [5, 5.41) is 3.22. The molecule has 0 aromatic heterocycles. The van der Waals surface area contributed by atoms with Gasteiger partial charge in [0.15, 0.2) is 11.6 Å². The predicted octanol–water partition coefficient (Wildman–Crippen LogP) is 3.51. The molecular weight excluding hydrogens is 307 g/mol. The van der Waals surface area contributed by atoms with Crippen LogP contribution >= 0.6 is 0 Å². The fourth-order valence-corrected chi connectivity index (χ4v) is 2.56. The van der Waals surface area contributed by atoms with Crippen molar-refractivity contribution in [2.45, 2.75) is 18.9 Å². The molecule has 2 rings (SSSR count). The summed E-state index contributed by atoms with van der Waals surface area (Å²) < 4.78 is 18.6. The molecule has 1 N–H and O–H groups in total. The van der Waals surface area contributed by atoms with E-state index in [0.29, 0.717) is 5.69 Å². The number of hydrogen-bond acceptors (Lipinski definition) is 3. The van der Waals surface area contributed by atoms with Crippen molar-refractivity contribution in [3.63, 3.8) is 0 Å². The molecule has 0 bridgehead atoms. The maximum atomic E-state index is 13.6.